The van der Waals surface area contributed by atoms with Crippen molar-refractivity contribution >= 4 is 5.69 Å². The van der Waals surface area contributed by atoms with Crippen molar-refractivity contribution in [3.05, 3.63) is 70.0 Å². The molecule has 0 saturated heterocycles. The van der Waals surface area contributed by atoms with Crippen LogP contribution in [0.1, 0.15) is 24.1 Å². The van der Waals surface area contributed by atoms with Gasteiger partial charge in [-0.3, -0.25) is 15.1 Å². The first-order valence-corrected chi connectivity index (χ1v) is 6.53. The number of non-ortho nitro benzene ring substituents is 1. The molecular weight excluding hydrogens is 254 g/mol. The Morgan fingerprint density at radius 2 is 1.85 bits per heavy atom. The number of benzene rings is 1. The van der Waals surface area contributed by atoms with Gasteiger partial charge in [-0.15, -0.1) is 0 Å². The zero-order valence-electron chi connectivity index (χ0n) is 11.3. The zero-order valence-corrected chi connectivity index (χ0v) is 11.3. The molecule has 104 valence electrons. The molecule has 1 atom stereocenters. The summed E-state index contributed by atoms with van der Waals surface area (Å²) in [4.78, 5) is 14.2. The minimum absolute atomic E-state index is 0.131. The van der Waals surface area contributed by atoms with Gasteiger partial charge in [0.25, 0.3) is 5.69 Å². The molecule has 1 aromatic carbocycles. The van der Waals surface area contributed by atoms with Crippen LogP contribution < -0.4 is 5.32 Å². The van der Waals surface area contributed by atoms with E-state index in [1.807, 2.05) is 12.1 Å². The van der Waals surface area contributed by atoms with Crippen molar-refractivity contribution < 1.29 is 4.92 Å². The lowest BCUT2D eigenvalue weighted by atomic mass is 10.1. The molecule has 0 aliphatic carbocycles. The Labute approximate surface area is 117 Å². The van der Waals surface area contributed by atoms with E-state index in [9.17, 15) is 10.1 Å². The number of aromatic nitrogens is 1. The van der Waals surface area contributed by atoms with Gasteiger partial charge < -0.3 is 5.32 Å². The van der Waals surface area contributed by atoms with Crippen LogP contribution in [0.4, 0.5) is 5.69 Å². The first kappa shape index (κ1) is 14.1. The van der Waals surface area contributed by atoms with Crippen LogP contribution in [0.5, 0.6) is 0 Å². The number of hydrogen-bond donors (Lipinski definition) is 1. The molecule has 2 aromatic rings. The predicted molar refractivity (Wildman–Crippen MR) is 77.5 cm³/mol. The SMILES string of the molecule is C[C@@H](NCCc1ccc([N+](=O)[O-])cc1)c1ccncc1. The highest BCUT2D eigenvalue weighted by Gasteiger charge is 2.05. The molecule has 0 bridgehead atoms. The zero-order chi connectivity index (χ0) is 14.4. The Bertz CT molecular complexity index is 555. The molecule has 1 aromatic heterocycles. The van der Waals surface area contributed by atoms with E-state index < -0.39 is 0 Å². The number of nitrogens with one attached hydrogen (secondary N) is 1. The van der Waals surface area contributed by atoms with Gasteiger partial charge in [0.2, 0.25) is 0 Å². The molecule has 0 amide bonds. The molecular formula is C15H17N3O2. The van der Waals surface area contributed by atoms with E-state index in [0.29, 0.717) is 0 Å². The van der Waals surface area contributed by atoms with E-state index in [4.69, 9.17) is 0 Å². The molecule has 0 saturated carbocycles. The maximum absolute atomic E-state index is 10.6. The highest BCUT2D eigenvalue weighted by Crippen LogP contribution is 2.13. The van der Waals surface area contributed by atoms with Gasteiger partial charge in [0.05, 0.1) is 4.92 Å². The number of nitro benzene ring substituents is 1. The summed E-state index contributed by atoms with van der Waals surface area (Å²) >= 11 is 0. The maximum Gasteiger partial charge on any atom is 0.269 e. The van der Waals surface area contributed by atoms with Gasteiger partial charge in [0.15, 0.2) is 0 Å². The van der Waals surface area contributed by atoms with Crippen LogP contribution in [0.3, 0.4) is 0 Å². The third kappa shape index (κ3) is 3.86. The summed E-state index contributed by atoms with van der Waals surface area (Å²) in [5.41, 5.74) is 2.42. The normalized spacial score (nSPS) is 12.1. The second kappa shape index (κ2) is 6.77. The van der Waals surface area contributed by atoms with Crippen LogP contribution in [-0.2, 0) is 6.42 Å². The van der Waals surface area contributed by atoms with Crippen molar-refractivity contribution in [2.75, 3.05) is 6.54 Å². The summed E-state index contributed by atoms with van der Waals surface area (Å²) in [6.07, 6.45) is 4.40. The maximum atomic E-state index is 10.6. The topological polar surface area (TPSA) is 68.1 Å². The lowest BCUT2D eigenvalue weighted by Crippen LogP contribution is -2.21. The van der Waals surface area contributed by atoms with Crippen molar-refractivity contribution in [2.45, 2.75) is 19.4 Å². The Morgan fingerprint density at radius 3 is 2.45 bits per heavy atom. The van der Waals surface area contributed by atoms with E-state index in [1.54, 1.807) is 36.7 Å². The minimum Gasteiger partial charge on any atom is -0.310 e. The van der Waals surface area contributed by atoms with Gasteiger partial charge in [-0.25, -0.2) is 0 Å². The number of rotatable bonds is 6. The number of nitro groups is 1. The highest BCUT2D eigenvalue weighted by atomic mass is 16.6. The Hall–Kier alpha value is -2.27. The fourth-order valence-corrected chi connectivity index (χ4v) is 1.99. The largest absolute Gasteiger partial charge is 0.310 e. The number of nitrogens with zero attached hydrogens (tertiary/aromatic N) is 2. The smallest absolute Gasteiger partial charge is 0.269 e. The van der Waals surface area contributed by atoms with E-state index in [0.717, 1.165) is 18.5 Å². The Balaban J connectivity index is 1.82. The highest BCUT2D eigenvalue weighted by molar-refractivity contribution is 5.32. The first-order chi connectivity index (χ1) is 9.66. The second-order valence-corrected chi connectivity index (χ2v) is 4.63. The van der Waals surface area contributed by atoms with Crippen molar-refractivity contribution in [3.63, 3.8) is 0 Å². The molecule has 5 heteroatoms. The van der Waals surface area contributed by atoms with Crippen LogP contribution in [0.25, 0.3) is 0 Å². The molecule has 0 radical (unpaired) electrons. The molecule has 20 heavy (non-hydrogen) atoms. The van der Waals surface area contributed by atoms with Crippen LogP contribution in [0.15, 0.2) is 48.8 Å². The quantitative estimate of drug-likeness (QED) is 0.648. The molecule has 0 aliphatic rings. The molecule has 5 nitrogen and oxygen atoms in total. The summed E-state index contributed by atoms with van der Waals surface area (Å²) in [7, 11) is 0. The standard InChI is InChI=1S/C15H17N3O2/c1-12(14-7-9-16-10-8-14)17-11-6-13-2-4-15(5-3-13)18(19)20/h2-5,7-10,12,17H,6,11H2,1H3/t12-/m1/s1. The minimum atomic E-state index is -0.381. The second-order valence-electron chi connectivity index (χ2n) is 4.63. The summed E-state index contributed by atoms with van der Waals surface area (Å²) < 4.78 is 0. The summed E-state index contributed by atoms with van der Waals surface area (Å²) in [6, 6.07) is 10.9. The lowest BCUT2D eigenvalue weighted by Gasteiger charge is -2.13. The van der Waals surface area contributed by atoms with Crippen LogP contribution in [-0.4, -0.2) is 16.5 Å². The van der Waals surface area contributed by atoms with Crippen LogP contribution in [0, 0.1) is 10.1 Å². The third-order valence-electron chi connectivity index (χ3n) is 3.22. The van der Waals surface area contributed by atoms with Gasteiger partial charge in [0, 0.05) is 30.6 Å². The summed E-state index contributed by atoms with van der Waals surface area (Å²) in [5.74, 6) is 0. The van der Waals surface area contributed by atoms with Gasteiger partial charge in [0.1, 0.15) is 0 Å². The number of hydrogen-bond acceptors (Lipinski definition) is 4. The molecule has 0 unspecified atom stereocenters. The Kier molecular flexibility index (Phi) is 4.79. The molecule has 1 heterocycles. The first-order valence-electron chi connectivity index (χ1n) is 6.53. The monoisotopic (exact) mass is 271 g/mol. The van der Waals surface area contributed by atoms with Crippen molar-refractivity contribution in [3.8, 4) is 0 Å². The summed E-state index contributed by atoms with van der Waals surface area (Å²) in [6.45, 7) is 2.92. The number of pyridine rings is 1. The molecule has 1 N–H and O–H groups in total. The predicted octanol–water partition coefficient (Wildman–Crippen LogP) is 2.88. The van der Waals surface area contributed by atoms with E-state index in [-0.39, 0.29) is 16.7 Å². The van der Waals surface area contributed by atoms with E-state index in [1.165, 1.54) is 5.56 Å². The average Bonchev–Trinajstić information content (AvgIpc) is 2.48. The Morgan fingerprint density at radius 1 is 1.20 bits per heavy atom. The van der Waals surface area contributed by atoms with Gasteiger partial charge in [-0.05, 0) is 43.1 Å². The summed E-state index contributed by atoms with van der Waals surface area (Å²) in [5, 5.41) is 14.0. The van der Waals surface area contributed by atoms with E-state index >= 15 is 0 Å². The van der Waals surface area contributed by atoms with Crippen molar-refractivity contribution in [1.29, 1.82) is 0 Å². The fourth-order valence-electron chi connectivity index (χ4n) is 1.99. The third-order valence-corrected chi connectivity index (χ3v) is 3.22. The van der Waals surface area contributed by atoms with Gasteiger partial charge in [-0.1, -0.05) is 12.1 Å². The van der Waals surface area contributed by atoms with Gasteiger partial charge in [-0.2, -0.15) is 0 Å². The molecule has 2 rings (SSSR count). The van der Waals surface area contributed by atoms with Crippen LogP contribution >= 0.6 is 0 Å². The van der Waals surface area contributed by atoms with Crippen molar-refractivity contribution in [1.82, 2.24) is 10.3 Å². The molecule has 0 aliphatic heterocycles. The molecule has 0 spiro atoms. The fraction of sp³-hybridized carbons (Fsp3) is 0.267. The average molecular weight is 271 g/mol. The van der Waals surface area contributed by atoms with E-state index in [2.05, 4.69) is 17.2 Å². The molecule has 0 fully saturated rings. The van der Waals surface area contributed by atoms with Crippen LogP contribution in [0.2, 0.25) is 0 Å². The van der Waals surface area contributed by atoms with Crippen molar-refractivity contribution in [2.24, 2.45) is 0 Å². The van der Waals surface area contributed by atoms with Gasteiger partial charge >= 0.3 is 0 Å². The lowest BCUT2D eigenvalue weighted by molar-refractivity contribution is -0.384.